The van der Waals surface area contributed by atoms with Crippen LogP contribution in [0.2, 0.25) is 0 Å². The van der Waals surface area contributed by atoms with Gasteiger partial charge in [0.1, 0.15) is 0 Å². The molecule has 1 N–H and O–H groups in total. The van der Waals surface area contributed by atoms with Gasteiger partial charge in [-0.05, 0) is 18.5 Å². The summed E-state index contributed by atoms with van der Waals surface area (Å²) in [4.78, 5) is 23.6. The van der Waals surface area contributed by atoms with Gasteiger partial charge in [0.25, 0.3) is 0 Å². The van der Waals surface area contributed by atoms with E-state index >= 15 is 0 Å². The molecular formula is C16H14O3. The lowest BCUT2D eigenvalue weighted by Gasteiger charge is -2.08. The number of carbonyl (C=O) groups is 2. The normalized spacial score (nSPS) is 14.8. The topological polar surface area (TPSA) is 54.4 Å². The first-order valence-corrected chi connectivity index (χ1v) is 5.73. The van der Waals surface area contributed by atoms with Crippen molar-refractivity contribution in [1.29, 1.82) is 0 Å². The Morgan fingerprint density at radius 1 is 1.05 bits per heavy atom. The van der Waals surface area contributed by atoms with E-state index in [-0.39, 0.29) is 16.9 Å². The summed E-state index contributed by atoms with van der Waals surface area (Å²) in [6.45, 7) is -2.68. The molecule has 0 aliphatic carbocycles. The summed E-state index contributed by atoms with van der Waals surface area (Å²) in [7, 11) is 0. The molecule has 0 aliphatic heterocycles. The summed E-state index contributed by atoms with van der Waals surface area (Å²) in [5.41, 5.74) is 0.814. The van der Waals surface area contributed by atoms with Crippen LogP contribution < -0.4 is 0 Å². The third kappa shape index (κ3) is 2.88. The van der Waals surface area contributed by atoms with Gasteiger partial charge in [-0.2, -0.15) is 0 Å². The summed E-state index contributed by atoms with van der Waals surface area (Å²) in [6.07, 6.45) is 0. The fourth-order valence-corrected chi connectivity index (χ4v) is 1.76. The minimum absolute atomic E-state index is 0.0919. The van der Waals surface area contributed by atoms with Gasteiger partial charge in [0, 0.05) is 15.2 Å². The summed E-state index contributed by atoms with van der Waals surface area (Å²) >= 11 is 0. The van der Waals surface area contributed by atoms with Gasteiger partial charge in [0.15, 0.2) is 5.78 Å². The molecule has 0 spiro atoms. The van der Waals surface area contributed by atoms with Crippen LogP contribution in [0.1, 0.15) is 38.4 Å². The van der Waals surface area contributed by atoms with Gasteiger partial charge in [-0.15, -0.1) is 0 Å². The highest BCUT2D eigenvalue weighted by atomic mass is 16.4. The van der Waals surface area contributed by atoms with Crippen molar-refractivity contribution in [3.05, 3.63) is 71.3 Å². The van der Waals surface area contributed by atoms with Gasteiger partial charge in [-0.1, -0.05) is 48.5 Å². The van der Waals surface area contributed by atoms with Crippen LogP contribution in [0.25, 0.3) is 0 Å². The maximum absolute atomic E-state index is 12.4. The van der Waals surface area contributed by atoms with Gasteiger partial charge in [-0.25, -0.2) is 0 Å². The molecule has 19 heavy (non-hydrogen) atoms. The summed E-state index contributed by atoms with van der Waals surface area (Å²) in [5.74, 6) is -3.38. The quantitative estimate of drug-likeness (QED) is 0.677. The molecule has 0 heterocycles. The molecule has 0 fully saturated rings. The molecule has 0 aliphatic rings. The van der Waals surface area contributed by atoms with E-state index in [9.17, 15) is 9.59 Å². The molecule has 0 amide bonds. The van der Waals surface area contributed by atoms with E-state index in [0.29, 0.717) is 5.56 Å². The molecule has 0 unspecified atom stereocenters. The smallest absolute Gasteiger partial charge is 0.310 e. The summed E-state index contributed by atoms with van der Waals surface area (Å²) < 4.78 is 22.1. The number of hydrogen-bond acceptors (Lipinski definition) is 2. The maximum atomic E-state index is 12.4. The number of hydrogen-bond donors (Lipinski definition) is 1. The zero-order valence-corrected chi connectivity index (χ0v) is 10.0. The average molecular weight is 258 g/mol. The number of aliphatic carboxylic acids is 1. The van der Waals surface area contributed by atoms with E-state index in [1.807, 2.05) is 0 Å². The molecule has 0 bridgehead atoms. The van der Waals surface area contributed by atoms with Crippen LogP contribution in [-0.2, 0) is 4.79 Å². The maximum Gasteiger partial charge on any atom is 0.310 e. The second kappa shape index (κ2) is 5.48. The Morgan fingerprint density at radius 3 is 2.37 bits per heavy atom. The van der Waals surface area contributed by atoms with Crippen LogP contribution in [-0.4, -0.2) is 16.9 Å². The number of carboxylic acid groups (broad SMARTS) is 1. The Morgan fingerprint density at radius 2 is 1.74 bits per heavy atom. The van der Waals surface area contributed by atoms with Crippen molar-refractivity contribution in [3.8, 4) is 0 Å². The number of ketones is 1. The molecule has 2 aromatic rings. The molecule has 3 nitrogen and oxygen atoms in total. The van der Waals surface area contributed by atoms with Gasteiger partial charge in [0.05, 0.1) is 5.92 Å². The van der Waals surface area contributed by atoms with E-state index < -0.39 is 18.7 Å². The molecule has 2 rings (SSSR count). The largest absolute Gasteiger partial charge is 0.481 e. The molecule has 3 heteroatoms. The highest BCUT2D eigenvalue weighted by molar-refractivity contribution is 6.09. The van der Waals surface area contributed by atoms with Crippen molar-refractivity contribution in [2.75, 3.05) is 0 Å². The predicted molar refractivity (Wildman–Crippen MR) is 72.4 cm³/mol. The van der Waals surface area contributed by atoms with Gasteiger partial charge >= 0.3 is 5.97 Å². The molecule has 0 saturated heterocycles. The van der Waals surface area contributed by atoms with E-state index in [1.54, 1.807) is 30.3 Å². The van der Waals surface area contributed by atoms with Crippen LogP contribution >= 0.6 is 0 Å². The fourth-order valence-electron chi connectivity index (χ4n) is 1.76. The van der Waals surface area contributed by atoms with Crippen molar-refractivity contribution in [1.82, 2.24) is 0 Å². The highest BCUT2D eigenvalue weighted by Crippen LogP contribution is 2.18. The molecule has 0 saturated carbocycles. The van der Waals surface area contributed by atoms with Crippen LogP contribution in [0.5, 0.6) is 0 Å². The number of carboxylic acids is 1. The van der Waals surface area contributed by atoms with E-state index in [1.165, 1.54) is 24.3 Å². The average Bonchev–Trinajstić information content (AvgIpc) is 2.46. The zero-order chi connectivity index (χ0) is 16.3. The van der Waals surface area contributed by atoms with Gasteiger partial charge in [0.2, 0.25) is 0 Å². The predicted octanol–water partition coefficient (Wildman–Crippen LogP) is 3.11. The van der Waals surface area contributed by atoms with E-state index in [2.05, 4.69) is 0 Å². The molecule has 0 aromatic heterocycles. The monoisotopic (exact) mass is 258 g/mol. The second-order valence-corrected chi connectivity index (χ2v) is 4.09. The highest BCUT2D eigenvalue weighted by Gasteiger charge is 2.16. The van der Waals surface area contributed by atoms with Crippen molar-refractivity contribution < 1.29 is 18.8 Å². The first kappa shape index (κ1) is 9.50. The Kier molecular flexibility index (Phi) is 2.74. The van der Waals surface area contributed by atoms with Crippen molar-refractivity contribution in [2.45, 2.75) is 12.8 Å². The lowest BCUT2D eigenvalue weighted by atomic mass is 9.98. The Labute approximate surface area is 115 Å². The van der Waals surface area contributed by atoms with Crippen LogP contribution in [0.15, 0.2) is 54.6 Å². The van der Waals surface area contributed by atoms with Crippen LogP contribution in [0.3, 0.4) is 0 Å². The minimum Gasteiger partial charge on any atom is -0.481 e. The third-order valence-electron chi connectivity index (χ3n) is 2.77. The van der Waals surface area contributed by atoms with Crippen LogP contribution in [0.4, 0.5) is 0 Å². The Hall–Kier alpha value is -2.42. The number of rotatable bonds is 4. The Bertz CT molecular complexity index is 693. The zero-order valence-electron chi connectivity index (χ0n) is 13.0. The van der Waals surface area contributed by atoms with Crippen molar-refractivity contribution >= 4 is 11.8 Å². The van der Waals surface area contributed by atoms with Crippen LogP contribution in [0, 0.1) is 0 Å². The van der Waals surface area contributed by atoms with Crippen molar-refractivity contribution in [3.63, 3.8) is 0 Å². The molecule has 2 aromatic carbocycles. The number of carbonyl (C=O) groups excluding carboxylic acids is 1. The first-order valence-electron chi connectivity index (χ1n) is 7.23. The minimum atomic E-state index is -2.68. The lowest BCUT2D eigenvalue weighted by Crippen LogP contribution is -2.09. The lowest BCUT2D eigenvalue weighted by molar-refractivity contribution is -0.138. The standard InChI is InChI=1S/C16H14O3/c1-11(16(18)19)13-8-5-9-14(10-13)15(17)12-6-3-2-4-7-12/h2-11H,1H3,(H,18,19)/t11-/m1/s1/i1+1D3. The fraction of sp³-hybridized carbons (Fsp3) is 0.125. The molecule has 0 radical (unpaired) electrons. The second-order valence-electron chi connectivity index (χ2n) is 4.09. The summed E-state index contributed by atoms with van der Waals surface area (Å²) in [5, 5.41) is 9.16. The van der Waals surface area contributed by atoms with Gasteiger partial charge in [-0.3, -0.25) is 9.59 Å². The first-order chi connectivity index (χ1) is 10.3. The van der Waals surface area contributed by atoms with Gasteiger partial charge < -0.3 is 5.11 Å². The molecule has 1 atom stereocenters. The van der Waals surface area contributed by atoms with E-state index in [0.717, 1.165) is 0 Å². The van der Waals surface area contributed by atoms with Crippen molar-refractivity contribution in [2.24, 2.45) is 0 Å². The summed E-state index contributed by atoms with van der Waals surface area (Å²) in [6, 6.07) is 14.3. The molecular weight excluding hydrogens is 241 g/mol. The third-order valence-corrected chi connectivity index (χ3v) is 2.77. The SMILES string of the molecule is [2H][13C]([2H])([2H])[C@@H](C(=O)O)c1cccc(C(=O)c2ccccc2)c1. The van der Waals surface area contributed by atoms with E-state index in [4.69, 9.17) is 9.22 Å². The number of benzene rings is 2. The Balaban J connectivity index is 2.42. The molecule has 96 valence electrons.